The van der Waals surface area contributed by atoms with Gasteiger partial charge < -0.3 is 15.2 Å². The van der Waals surface area contributed by atoms with Crippen molar-refractivity contribution in [3.05, 3.63) is 12.7 Å². The van der Waals surface area contributed by atoms with E-state index in [0.29, 0.717) is 12.8 Å². The van der Waals surface area contributed by atoms with E-state index >= 15 is 0 Å². The standard InChI is InChI=1S/C11H19NO4/c1-4-7-16-11(15)12-9(10(13)14)8(5-2)6-3/h4,8-9H,1,5-7H2,2-3H3,(H,12,15)(H,13,14)/t9-/m0/s1. The van der Waals surface area contributed by atoms with Gasteiger partial charge in [0.25, 0.3) is 0 Å². The number of amides is 1. The van der Waals surface area contributed by atoms with Crippen LogP contribution in [0.3, 0.4) is 0 Å². The molecule has 0 saturated heterocycles. The molecule has 0 unspecified atom stereocenters. The van der Waals surface area contributed by atoms with Crippen LogP contribution in [0.25, 0.3) is 0 Å². The summed E-state index contributed by atoms with van der Waals surface area (Å²) < 4.78 is 4.68. The zero-order valence-corrected chi connectivity index (χ0v) is 9.73. The second-order valence-corrected chi connectivity index (χ2v) is 3.42. The summed E-state index contributed by atoms with van der Waals surface area (Å²) in [5, 5.41) is 11.3. The van der Waals surface area contributed by atoms with Crippen molar-refractivity contribution in [1.82, 2.24) is 5.32 Å². The molecule has 1 amide bonds. The predicted octanol–water partition coefficient (Wildman–Crippen LogP) is 1.79. The van der Waals surface area contributed by atoms with Crippen LogP contribution in [0.1, 0.15) is 26.7 Å². The number of aliphatic carboxylic acids is 1. The average molecular weight is 229 g/mol. The highest BCUT2D eigenvalue weighted by Gasteiger charge is 2.27. The summed E-state index contributed by atoms with van der Waals surface area (Å²) in [6.45, 7) is 7.24. The van der Waals surface area contributed by atoms with Crippen LogP contribution < -0.4 is 5.32 Å². The highest BCUT2D eigenvalue weighted by Crippen LogP contribution is 2.13. The van der Waals surface area contributed by atoms with E-state index in [1.807, 2.05) is 13.8 Å². The normalized spacial score (nSPS) is 11.9. The summed E-state index contributed by atoms with van der Waals surface area (Å²) in [7, 11) is 0. The summed E-state index contributed by atoms with van der Waals surface area (Å²) >= 11 is 0. The minimum atomic E-state index is -1.04. The van der Waals surface area contributed by atoms with Gasteiger partial charge in [0.2, 0.25) is 0 Å². The third kappa shape index (κ3) is 4.82. The van der Waals surface area contributed by atoms with Gasteiger partial charge >= 0.3 is 12.1 Å². The van der Waals surface area contributed by atoms with Crippen molar-refractivity contribution in [3.8, 4) is 0 Å². The number of nitrogens with one attached hydrogen (secondary N) is 1. The van der Waals surface area contributed by atoms with Crippen LogP contribution in [0.2, 0.25) is 0 Å². The highest BCUT2D eigenvalue weighted by atomic mass is 16.5. The van der Waals surface area contributed by atoms with Crippen LogP contribution in [0, 0.1) is 5.92 Å². The van der Waals surface area contributed by atoms with Gasteiger partial charge in [0.1, 0.15) is 12.6 Å². The largest absolute Gasteiger partial charge is 0.480 e. The Morgan fingerprint density at radius 3 is 2.38 bits per heavy atom. The minimum absolute atomic E-state index is 0.0705. The summed E-state index contributed by atoms with van der Waals surface area (Å²) in [4.78, 5) is 22.2. The number of carboxylic acid groups (broad SMARTS) is 1. The lowest BCUT2D eigenvalue weighted by atomic mass is 9.94. The number of ether oxygens (including phenoxy) is 1. The van der Waals surface area contributed by atoms with Gasteiger partial charge in [0.05, 0.1) is 0 Å². The van der Waals surface area contributed by atoms with Gasteiger partial charge in [-0.3, -0.25) is 0 Å². The number of hydrogen-bond acceptors (Lipinski definition) is 3. The molecule has 0 aromatic rings. The Kier molecular flexibility index (Phi) is 7.00. The molecule has 0 aliphatic carbocycles. The molecular formula is C11H19NO4. The summed E-state index contributed by atoms with van der Waals surface area (Å²) in [6.07, 6.45) is 2.08. The molecule has 0 aliphatic heterocycles. The molecule has 0 heterocycles. The maximum Gasteiger partial charge on any atom is 0.408 e. The first-order chi connectivity index (χ1) is 7.56. The molecule has 0 bridgehead atoms. The monoisotopic (exact) mass is 229 g/mol. The summed E-state index contributed by atoms with van der Waals surface area (Å²) in [5.41, 5.74) is 0. The van der Waals surface area contributed by atoms with Crippen LogP contribution >= 0.6 is 0 Å². The maximum absolute atomic E-state index is 11.2. The smallest absolute Gasteiger partial charge is 0.408 e. The molecule has 0 radical (unpaired) electrons. The van der Waals surface area contributed by atoms with Crippen LogP contribution in [0.5, 0.6) is 0 Å². The number of carbonyl (C=O) groups is 2. The van der Waals surface area contributed by atoms with Crippen molar-refractivity contribution in [2.75, 3.05) is 6.61 Å². The zero-order valence-electron chi connectivity index (χ0n) is 9.73. The Labute approximate surface area is 95.5 Å². The Bertz CT molecular complexity index is 248. The van der Waals surface area contributed by atoms with E-state index in [0.717, 1.165) is 0 Å². The molecule has 0 fully saturated rings. The van der Waals surface area contributed by atoms with Gasteiger partial charge in [-0.25, -0.2) is 9.59 Å². The third-order valence-corrected chi connectivity index (χ3v) is 2.39. The second kappa shape index (κ2) is 7.73. The lowest BCUT2D eigenvalue weighted by Gasteiger charge is -2.21. The van der Waals surface area contributed by atoms with Crippen LogP contribution in [-0.4, -0.2) is 29.8 Å². The highest BCUT2D eigenvalue weighted by molar-refractivity contribution is 5.80. The molecule has 0 spiro atoms. The van der Waals surface area contributed by atoms with Crippen molar-refractivity contribution in [3.63, 3.8) is 0 Å². The average Bonchev–Trinajstić information content (AvgIpc) is 2.26. The molecule has 2 N–H and O–H groups in total. The van der Waals surface area contributed by atoms with Gasteiger partial charge in [-0.2, -0.15) is 0 Å². The first-order valence-corrected chi connectivity index (χ1v) is 5.33. The lowest BCUT2D eigenvalue weighted by molar-refractivity contribution is -0.140. The fourth-order valence-corrected chi connectivity index (χ4v) is 1.44. The number of rotatable bonds is 7. The van der Waals surface area contributed by atoms with E-state index in [9.17, 15) is 9.59 Å². The molecule has 16 heavy (non-hydrogen) atoms. The Hall–Kier alpha value is -1.52. The fourth-order valence-electron chi connectivity index (χ4n) is 1.44. The second-order valence-electron chi connectivity index (χ2n) is 3.42. The van der Waals surface area contributed by atoms with Gasteiger partial charge in [0.15, 0.2) is 0 Å². The molecule has 0 aromatic heterocycles. The van der Waals surface area contributed by atoms with E-state index in [1.165, 1.54) is 6.08 Å². The SMILES string of the molecule is C=CCOC(=O)N[C@H](C(=O)O)C(CC)CC. The van der Waals surface area contributed by atoms with Crippen LogP contribution in [-0.2, 0) is 9.53 Å². The minimum Gasteiger partial charge on any atom is -0.480 e. The molecule has 0 aromatic carbocycles. The predicted molar refractivity (Wildman–Crippen MR) is 60.2 cm³/mol. The molecule has 0 saturated carbocycles. The van der Waals surface area contributed by atoms with Crippen molar-refractivity contribution in [2.45, 2.75) is 32.7 Å². The maximum atomic E-state index is 11.2. The fraction of sp³-hybridized carbons (Fsp3) is 0.636. The van der Waals surface area contributed by atoms with E-state index in [4.69, 9.17) is 5.11 Å². The number of carbonyl (C=O) groups excluding carboxylic acids is 1. The topological polar surface area (TPSA) is 75.6 Å². The Morgan fingerprint density at radius 2 is 2.00 bits per heavy atom. The molecule has 0 rings (SSSR count). The van der Waals surface area contributed by atoms with Crippen molar-refractivity contribution >= 4 is 12.1 Å². The number of carboxylic acids is 1. The van der Waals surface area contributed by atoms with Crippen molar-refractivity contribution in [2.24, 2.45) is 5.92 Å². The van der Waals surface area contributed by atoms with Crippen molar-refractivity contribution < 1.29 is 19.4 Å². The van der Waals surface area contributed by atoms with E-state index in [-0.39, 0.29) is 12.5 Å². The molecule has 5 nitrogen and oxygen atoms in total. The summed E-state index contributed by atoms with van der Waals surface area (Å²) in [6, 6.07) is -0.896. The molecule has 1 atom stereocenters. The quantitative estimate of drug-likeness (QED) is 0.652. The van der Waals surface area contributed by atoms with Gasteiger partial charge in [-0.1, -0.05) is 39.3 Å². The molecule has 0 aliphatic rings. The molecule has 92 valence electrons. The Morgan fingerprint density at radius 1 is 1.44 bits per heavy atom. The van der Waals surface area contributed by atoms with E-state index in [2.05, 4.69) is 16.6 Å². The van der Waals surface area contributed by atoms with E-state index < -0.39 is 18.1 Å². The van der Waals surface area contributed by atoms with Gasteiger partial charge in [-0.05, 0) is 5.92 Å². The first kappa shape index (κ1) is 14.5. The lowest BCUT2D eigenvalue weighted by Crippen LogP contribution is -2.45. The van der Waals surface area contributed by atoms with Crippen molar-refractivity contribution in [1.29, 1.82) is 0 Å². The number of hydrogen-bond donors (Lipinski definition) is 2. The molecule has 5 heteroatoms. The van der Waals surface area contributed by atoms with E-state index in [1.54, 1.807) is 0 Å². The van der Waals surface area contributed by atoms with Gasteiger partial charge in [0, 0.05) is 0 Å². The first-order valence-electron chi connectivity index (χ1n) is 5.33. The molecular weight excluding hydrogens is 210 g/mol. The summed E-state index contributed by atoms with van der Waals surface area (Å²) in [5.74, 6) is -1.13. The van der Waals surface area contributed by atoms with Crippen LogP contribution in [0.15, 0.2) is 12.7 Å². The number of alkyl carbamates (subject to hydrolysis) is 1. The zero-order chi connectivity index (χ0) is 12.6. The van der Waals surface area contributed by atoms with Gasteiger partial charge in [-0.15, -0.1) is 0 Å². The third-order valence-electron chi connectivity index (χ3n) is 2.39. The Balaban J connectivity index is 4.38. The van der Waals surface area contributed by atoms with Crippen LogP contribution in [0.4, 0.5) is 4.79 Å².